The number of nitrogens with one attached hydrogen (secondary N) is 1. The van der Waals surface area contributed by atoms with E-state index in [1.165, 1.54) is 17.0 Å². The van der Waals surface area contributed by atoms with E-state index in [1.54, 1.807) is 49.4 Å². The van der Waals surface area contributed by atoms with E-state index >= 15 is 0 Å². The number of carboxylic acid groups (broad SMARTS) is 1. The second kappa shape index (κ2) is 18.4. The zero-order valence-corrected chi connectivity index (χ0v) is 26.5. The van der Waals surface area contributed by atoms with Crippen molar-refractivity contribution in [1.29, 1.82) is 0 Å². The molecule has 0 aliphatic rings. The first kappa shape index (κ1) is 36.8. The average molecular weight is 688 g/mol. The fourth-order valence-corrected chi connectivity index (χ4v) is 4.85. The highest BCUT2D eigenvalue weighted by Gasteiger charge is 2.31. The Labute approximate surface area is 275 Å². The van der Waals surface area contributed by atoms with E-state index < -0.39 is 30.2 Å². The molecule has 9 nitrogen and oxygen atoms in total. The SMILES string of the molecule is CCOC(Cc1ccc(OCCN(CCCCOCc2cc(Cl)cc(Cl)c2)C(=O)Nc2ccc(OC(F)(F)F)cc2)cc1)C(=O)O. The Bertz CT molecular complexity index is 1370. The molecule has 0 spiro atoms. The number of unbranched alkanes of at least 4 members (excludes halogenated alkanes) is 1. The van der Waals surface area contributed by atoms with Gasteiger partial charge in [0.25, 0.3) is 0 Å². The van der Waals surface area contributed by atoms with Crippen molar-refractivity contribution in [2.24, 2.45) is 0 Å². The molecule has 0 bridgehead atoms. The quantitative estimate of drug-likeness (QED) is 0.131. The molecule has 0 aliphatic carbocycles. The highest BCUT2D eigenvalue weighted by molar-refractivity contribution is 6.34. The first-order chi connectivity index (χ1) is 21.9. The number of rotatable bonds is 18. The number of hydrogen-bond donors (Lipinski definition) is 2. The molecule has 46 heavy (non-hydrogen) atoms. The van der Waals surface area contributed by atoms with Crippen LogP contribution in [0, 0.1) is 0 Å². The number of benzene rings is 3. The van der Waals surface area contributed by atoms with Crippen LogP contribution in [0.15, 0.2) is 66.7 Å². The second-order valence-electron chi connectivity index (χ2n) is 10.0. The number of amides is 2. The fraction of sp³-hybridized carbons (Fsp3) is 0.375. The summed E-state index contributed by atoms with van der Waals surface area (Å²) in [7, 11) is 0. The molecule has 0 saturated carbocycles. The Balaban J connectivity index is 1.54. The number of carboxylic acids is 1. The third kappa shape index (κ3) is 13.7. The van der Waals surface area contributed by atoms with Gasteiger partial charge in [0.05, 0.1) is 13.2 Å². The molecule has 3 aromatic carbocycles. The number of alkyl halides is 3. The van der Waals surface area contributed by atoms with Crippen molar-refractivity contribution >= 4 is 40.9 Å². The molecule has 0 saturated heterocycles. The summed E-state index contributed by atoms with van der Waals surface area (Å²) >= 11 is 12.1. The highest BCUT2D eigenvalue weighted by atomic mass is 35.5. The topological polar surface area (TPSA) is 107 Å². The average Bonchev–Trinajstić information content (AvgIpc) is 2.98. The van der Waals surface area contributed by atoms with Crippen molar-refractivity contribution in [1.82, 2.24) is 4.90 Å². The molecule has 0 fully saturated rings. The predicted molar refractivity (Wildman–Crippen MR) is 168 cm³/mol. The lowest BCUT2D eigenvalue weighted by Gasteiger charge is -2.23. The molecular weight excluding hydrogens is 652 g/mol. The van der Waals surface area contributed by atoms with E-state index in [0.717, 1.165) is 23.3 Å². The summed E-state index contributed by atoms with van der Waals surface area (Å²) in [5.74, 6) is -0.913. The molecule has 0 aromatic heterocycles. The van der Waals surface area contributed by atoms with Gasteiger partial charge in [-0.3, -0.25) is 0 Å². The van der Waals surface area contributed by atoms with E-state index in [9.17, 15) is 27.9 Å². The number of carbonyl (C=O) groups is 2. The summed E-state index contributed by atoms with van der Waals surface area (Å²) in [6.45, 7) is 3.47. The second-order valence-corrected chi connectivity index (χ2v) is 10.9. The highest BCUT2D eigenvalue weighted by Crippen LogP contribution is 2.24. The molecule has 2 N–H and O–H groups in total. The minimum absolute atomic E-state index is 0.147. The molecule has 3 rings (SSSR count). The zero-order chi connectivity index (χ0) is 33.5. The van der Waals surface area contributed by atoms with E-state index in [1.807, 2.05) is 0 Å². The number of nitrogens with zero attached hydrogens (tertiary/aromatic N) is 1. The summed E-state index contributed by atoms with van der Waals surface area (Å²) in [5, 5.41) is 13.0. The normalized spacial score (nSPS) is 12.0. The molecule has 3 aromatic rings. The molecule has 1 atom stereocenters. The van der Waals surface area contributed by atoms with Crippen molar-refractivity contribution < 1.29 is 46.8 Å². The summed E-state index contributed by atoms with van der Waals surface area (Å²) in [5.41, 5.74) is 1.89. The number of halogens is 5. The van der Waals surface area contributed by atoms with Crippen molar-refractivity contribution in [3.63, 3.8) is 0 Å². The molecule has 0 aliphatic heterocycles. The summed E-state index contributed by atoms with van der Waals surface area (Å²) in [6.07, 6.45) is -4.32. The van der Waals surface area contributed by atoms with Crippen LogP contribution in [0.4, 0.5) is 23.7 Å². The van der Waals surface area contributed by atoms with Crippen LogP contribution in [-0.4, -0.2) is 67.4 Å². The smallest absolute Gasteiger partial charge is 0.492 e. The van der Waals surface area contributed by atoms with Crippen molar-refractivity contribution in [2.45, 2.75) is 45.3 Å². The van der Waals surface area contributed by atoms with Gasteiger partial charge in [-0.05, 0) is 85.5 Å². The molecule has 0 heterocycles. The molecule has 250 valence electrons. The van der Waals surface area contributed by atoms with Crippen LogP contribution >= 0.6 is 23.2 Å². The zero-order valence-electron chi connectivity index (χ0n) is 25.0. The third-order valence-corrected chi connectivity index (χ3v) is 6.84. The Morgan fingerprint density at radius 3 is 2.15 bits per heavy atom. The maximum atomic E-state index is 13.1. The first-order valence-electron chi connectivity index (χ1n) is 14.4. The maximum Gasteiger partial charge on any atom is 0.573 e. The van der Waals surface area contributed by atoms with Crippen LogP contribution in [0.25, 0.3) is 0 Å². The van der Waals surface area contributed by atoms with Crippen LogP contribution in [0.5, 0.6) is 11.5 Å². The van der Waals surface area contributed by atoms with Gasteiger partial charge in [0, 0.05) is 41.9 Å². The Kier molecular flexibility index (Phi) is 14.7. The maximum absolute atomic E-state index is 13.1. The Hall–Kier alpha value is -3.71. The lowest BCUT2D eigenvalue weighted by molar-refractivity contribution is -0.274. The van der Waals surface area contributed by atoms with Crippen LogP contribution in [-0.2, 0) is 27.3 Å². The third-order valence-electron chi connectivity index (χ3n) is 6.40. The molecular formula is C32H35Cl2F3N2O7. The largest absolute Gasteiger partial charge is 0.573 e. The Morgan fingerprint density at radius 1 is 0.891 bits per heavy atom. The number of ether oxygens (including phenoxy) is 4. The fourth-order valence-electron chi connectivity index (χ4n) is 4.28. The number of urea groups is 1. The first-order valence-corrected chi connectivity index (χ1v) is 15.2. The van der Waals surface area contributed by atoms with Gasteiger partial charge in [0.1, 0.15) is 18.1 Å². The summed E-state index contributed by atoms with van der Waals surface area (Å²) < 4.78 is 58.1. The molecule has 0 radical (unpaired) electrons. The molecule has 2 amide bonds. The van der Waals surface area contributed by atoms with Crippen molar-refractivity contribution in [3.8, 4) is 11.5 Å². The monoisotopic (exact) mass is 686 g/mol. The van der Waals surface area contributed by atoms with Gasteiger partial charge >= 0.3 is 18.4 Å². The van der Waals surface area contributed by atoms with Crippen LogP contribution in [0.1, 0.15) is 30.9 Å². The Morgan fingerprint density at radius 2 is 1.54 bits per heavy atom. The van der Waals surface area contributed by atoms with E-state index in [4.69, 9.17) is 37.4 Å². The predicted octanol–water partition coefficient (Wildman–Crippen LogP) is 7.83. The number of hydrogen-bond acceptors (Lipinski definition) is 6. The minimum Gasteiger partial charge on any atom is -0.492 e. The van der Waals surface area contributed by atoms with Crippen LogP contribution in [0.2, 0.25) is 10.0 Å². The van der Waals surface area contributed by atoms with E-state index in [2.05, 4.69) is 10.1 Å². The van der Waals surface area contributed by atoms with Crippen LogP contribution < -0.4 is 14.8 Å². The minimum atomic E-state index is -4.82. The van der Waals surface area contributed by atoms with Gasteiger partial charge in [-0.2, -0.15) is 0 Å². The lowest BCUT2D eigenvalue weighted by atomic mass is 10.1. The van der Waals surface area contributed by atoms with Crippen LogP contribution in [0.3, 0.4) is 0 Å². The molecule has 1 unspecified atom stereocenters. The van der Waals surface area contributed by atoms with Gasteiger partial charge in [-0.1, -0.05) is 35.3 Å². The van der Waals surface area contributed by atoms with E-state index in [-0.39, 0.29) is 31.9 Å². The van der Waals surface area contributed by atoms with Crippen molar-refractivity contribution in [2.75, 3.05) is 38.2 Å². The molecule has 14 heteroatoms. The van der Waals surface area contributed by atoms with Gasteiger partial charge in [0.2, 0.25) is 0 Å². The standard InChI is InChI=1S/C32H35Cl2F3N2O7/c1-2-44-29(30(40)41)19-22-5-9-27(10-6-22)45-16-14-39(13-3-4-15-43-21-23-17-24(33)20-25(34)18-23)31(42)38-26-7-11-28(12-8-26)46-32(35,36)37/h5-12,17-18,20,29H,2-4,13-16,19,21H2,1H3,(H,38,42)(H,40,41). The van der Waals surface area contributed by atoms with Gasteiger partial charge in [0.15, 0.2) is 6.10 Å². The van der Waals surface area contributed by atoms with E-state index in [0.29, 0.717) is 48.4 Å². The number of aliphatic carboxylic acids is 1. The lowest BCUT2D eigenvalue weighted by Crippen LogP contribution is -2.38. The number of carbonyl (C=O) groups excluding carboxylic acids is 1. The van der Waals surface area contributed by atoms with Gasteiger partial charge in [-0.25, -0.2) is 9.59 Å². The number of anilines is 1. The van der Waals surface area contributed by atoms with Gasteiger partial charge < -0.3 is 34.3 Å². The van der Waals surface area contributed by atoms with Crippen molar-refractivity contribution in [3.05, 3.63) is 87.9 Å². The summed E-state index contributed by atoms with van der Waals surface area (Å²) in [6, 6.07) is 16.5. The summed E-state index contributed by atoms with van der Waals surface area (Å²) in [4.78, 5) is 26.0. The van der Waals surface area contributed by atoms with Gasteiger partial charge in [-0.15, -0.1) is 13.2 Å².